The Morgan fingerprint density at radius 1 is 0.385 bits per heavy atom. The SMILES string of the molecule is NCCN(C(F)(F)F)S(=O)(=O)N1C[C@H](CCCB(O)O)[C@](N)(C(=O)O)C1.NCCN(C1CCC1)S(=O)(=O)N1C[C@H](CCCB(O)O)[C@](N)(C(=O)O)C1.NCCN(C1COC1)S(=O)(=O)N1C[C@H](CCCB(O)O)[C@](N)(C(=O)O)C1.NCCN(Cc1ccccc1)S(=O)(=O)N1C[C@H](CCCB(O)O)[C@](N)(C(=O)O)C1.NCCN(c1ccccc1)S(=O)(=O)N1C[C@H](CCCB(O)O)[C@](N)(C(=O)O)C1. The molecule has 2 aromatic rings. The van der Waals surface area contributed by atoms with Crippen LogP contribution < -0.4 is 61.6 Å². The molecule has 6 saturated heterocycles. The second kappa shape index (κ2) is 52.3. The van der Waals surface area contributed by atoms with E-state index in [1.807, 2.05) is 6.07 Å². The fraction of sp³-hybridized carbons (Fsp3) is 0.761. The fourth-order valence-corrected chi connectivity index (χ4v) is 25.8. The van der Waals surface area contributed by atoms with E-state index in [0.717, 1.165) is 46.4 Å². The monoisotopic (exact) mass is 2030 g/mol. The highest BCUT2D eigenvalue weighted by Crippen LogP contribution is 2.41. The van der Waals surface area contributed by atoms with Crippen molar-refractivity contribution in [3.8, 4) is 0 Å². The number of ether oxygens (including phenoxy) is 1. The van der Waals surface area contributed by atoms with Crippen molar-refractivity contribution >= 4 is 122 Å². The molecule has 7 aliphatic rings. The number of carboxylic acid groups (broad SMARTS) is 5. The van der Waals surface area contributed by atoms with Crippen LogP contribution in [0, 0.1) is 29.6 Å². The van der Waals surface area contributed by atoms with Gasteiger partial charge in [0.15, 0.2) is 0 Å². The molecule has 35 N–H and O–H groups in total. The zero-order chi connectivity index (χ0) is 102. The molecule has 1 saturated carbocycles. The minimum Gasteiger partial charge on any atom is -0.480 e. The molecule has 0 bridgehead atoms. The molecule has 0 aromatic heterocycles. The van der Waals surface area contributed by atoms with E-state index in [2.05, 4.69) is 0 Å². The molecule has 0 radical (unpaired) electrons. The summed E-state index contributed by atoms with van der Waals surface area (Å²) in [5.74, 6) is -10.2. The van der Waals surface area contributed by atoms with Gasteiger partial charge in [0.1, 0.15) is 27.7 Å². The Morgan fingerprint density at radius 3 is 0.911 bits per heavy atom. The van der Waals surface area contributed by atoms with Crippen molar-refractivity contribution in [2.75, 3.05) is 148 Å². The number of para-hydroxylation sites is 1. The zero-order valence-corrected chi connectivity index (χ0v) is 78.9. The largest absolute Gasteiger partial charge is 0.480 e. The fourth-order valence-electron chi connectivity index (χ4n) is 16.9. The minimum atomic E-state index is -5.22. The Balaban J connectivity index is 0.000000298. The first-order chi connectivity index (χ1) is 62.7. The lowest BCUT2D eigenvalue weighted by atomic mass is 9.78. The lowest BCUT2D eigenvalue weighted by Crippen LogP contribution is -2.58. The maximum absolute atomic E-state index is 13.2. The van der Waals surface area contributed by atoms with Crippen LogP contribution >= 0.6 is 0 Å². The van der Waals surface area contributed by atoms with Gasteiger partial charge in [-0.2, -0.15) is 89.7 Å². The van der Waals surface area contributed by atoms with Gasteiger partial charge in [-0.3, -0.25) is 28.3 Å². The Morgan fingerprint density at radius 2 is 0.659 bits per heavy atom. The molecule has 10 atom stereocenters. The maximum atomic E-state index is 13.2. The van der Waals surface area contributed by atoms with Gasteiger partial charge >= 0.3 is 81.9 Å². The molecule has 2 aromatic carbocycles. The molecule has 64 heteroatoms. The molecule has 770 valence electrons. The van der Waals surface area contributed by atoms with E-state index in [-0.39, 0.29) is 200 Å². The average Bonchev–Trinajstić information content (AvgIpc) is 1.65. The number of anilines is 1. The average molecular weight is 2040 g/mol. The highest BCUT2D eigenvalue weighted by atomic mass is 32.2. The first-order valence-electron chi connectivity index (χ1n) is 43.8. The maximum Gasteiger partial charge on any atom is 0.474 e. The number of hydrogen-bond acceptors (Lipinski definition) is 36. The van der Waals surface area contributed by atoms with Crippen LogP contribution in [0.15, 0.2) is 60.7 Å². The summed E-state index contributed by atoms with van der Waals surface area (Å²) < 4.78 is 183. The summed E-state index contributed by atoms with van der Waals surface area (Å²) in [6, 6.07) is 17.1. The van der Waals surface area contributed by atoms with Gasteiger partial charge in [0.05, 0.1) is 24.9 Å². The molecule has 6 aliphatic heterocycles. The molecule has 6 heterocycles. The Kier molecular flexibility index (Phi) is 46.4. The van der Waals surface area contributed by atoms with Crippen molar-refractivity contribution in [2.24, 2.45) is 86.9 Å². The van der Waals surface area contributed by atoms with E-state index >= 15 is 0 Å². The second-order valence-electron chi connectivity index (χ2n) is 34.5. The van der Waals surface area contributed by atoms with Crippen LogP contribution in [0.25, 0.3) is 0 Å². The molecule has 9 rings (SSSR count). The number of halogens is 3. The minimum absolute atomic E-state index is 0.000445. The predicted octanol–water partition coefficient (Wildman–Crippen LogP) is -9.83. The Labute approximate surface area is 785 Å². The van der Waals surface area contributed by atoms with Crippen molar-refractivity contribution in [3.05, 3.63) is 66.2 Å². The summed E-state index contributed by atoms with van der Waals surface area (Å²) in [6.07, 6.45) is -0.0535. The van der Waals surface area contributed by atoms with Crippen molar-refractivity contribution in [3.63, 3.8) is 0 Å². The van der Waals surface area contributed by atoms with Crippen LogP contribution in [0.4, 0.5) is 18.9 Å². The summed E-state index contributed by atoms with van der Waals surface area (Å²) in [7, 11) is -28.5. The van der Waals surface area contributed by atoms with Gasteiger partial charge in [-0.15, -0.1) is 0 Å². The van der Waals surface area contributed by atoms with Crippen LogP contribution in [0.3, 0.4) is 0 Å². The number of carbonyl (C=O) groups is 5. The van der Waals surface area contributed by atoms with E-state index in [4.69, 9.17) is 112 Å². The van der Waals surface area contributed by atoms with E-state index < -0.39 is 211 Å². The van der Waals surface area contributed by atoms with Gasteiger partial charge in [-0.05, 0) is 94.2 Å². The molecule has 0 amide bonds. The van der Waals surface area contributed by atoms with E-state index in [9.17, 15) is 105 Å². The van der Waals surface area contributed by atoms with Crippen molar-refractivity contribution in [2.45, 2.75) is 168 Å². The van der Waals surface area contributed by atoms with Crippen LogP contribution in [-0.4, -0.2) is 412 Å². The highest BCUT2D eigenvalue weighted by Gasteiger charge is 2.60. The molecule has 51 nitrogen and oxygen atoms in total. The van der Waals surface area contributed by atoms with Crippen molar-refractivity contribution in [1.82, 2.24) is 38.7 Å². The normalized spacial score (nSPS) is 25.1. The molecule has 0 spiro atoms. The summed E-state index contributed by atoms with van der Waals surface area (Å²) in [5.41, 5.74) is 49.7. The molecular formula is C71H134B5F3N20O31S5. The van der Waals surface area contributed by atoms with Crippen LogP contribution in [0.1, 0.15) is 89.0 Å². The van der Waals surface area contributed by atoms with Crippen LogP contribution in [0.2, 0.25) is 31.6 Å². The summed E-state index contributed by atoms with van der Waals surface area (Å²) >= 11 is 0. The van der Waals surface area contributed by atoms with Gasteiger partial charge in [0, 0.05) is 173 Å². The Bertz CT molecular complexity index is 4590. The topological polar surface area (TPSA) is 861 Å². The van der Waals surface area contributed by atoms with Crippen molar-refractivity contribution in [1.29, 1.82) is 0 Å². The molecular weight excluding hydrogens is 1900 g/mol. The molecule has 7 fully saturated rings. The van der Waals surface area contributed by atoms with Gasteiger partial charge in [0.25, 0.3) is 40.8 Å². The van der Waals surface area contributed by atoms with Crippen LogP contribution in [-0.2, 0) is 86.3 Å². The van der Waals surface area contributed by atoms with E-state index in [0.29, 0.717) is 42.1 Å². The number of carboxylic acids is 5. The number of nitrogens with zero attached hydrogens (tertiary/aromatic N) is 10. The molecule has 1 aliphatic carbocycles. The zero-order valence-electron chi connectivity index (χ0n) is 74.9. The standard InChI is InChI=1S/C17H29BN4O6S.C16H27BN4O6S.C14H29BN4O6S.C13H27BN4O7S.C11H22BF3N4O6S/c19-9-10-21(11-14-5-2-1-3-6-14)29(27,28)22-12-15(7-4-8-18(25)26)17(20,13-22)16(23)24;18-9-10-21(14-6-2-1-3-7-14)28(26,27)20-11-13(5-4-8-17(24)25)16(19,12-20)15(22)23;16-7-8-19(12-4-1-5-12)26(24,25)18-9-11(3-2-6-15(22)23)14(17,10-18)13(20)21;15-4-5-18(11-7-25-8-11)26(23,24)17-6-10(2-1-3-14(21)22)13(16,9-17)12(19)20;13-11(14,15)19(5-4-16)26(24,25)18-6-8(2-1-3-12(22)23)10(17,7-18)9(20)21/h1-3,5-6,15,25-26H,4,7-13,19-20H2,(H,23,24);1-3,6-7,13,24-25H,4-5,8-12,18-19H2,(H,22,23);11-12,22-23H,1-10,16-17H2,(H,20,21);10-11,21-22H,1-9,15-16H2,(H,19,20);8,22-23H,1-7,16-17H2,(H,20,21)/t15-,17-;13-,16-;11-,14-;10-,13-;8-,10-/m00000/s1. The summed E-state index contributed by atoms with van der Waals surface area (Å²) in [6.45, 7) is -2.90. The summed E-state index contributed by atoms with van der Waals surface area (Å²) in [4.78, 5) is 58.5. The van der Waals surface area contributed by atoms with Crippen LogP contribution in [0.5, 0.6) is 0 Å². The number of nitrogens with two attached hydrogens (primary N) is 10. The Hall–Kier alpha value is -5.75. The predicted molar refractivity (Wildman–Crippen MR) is 488 cm³/mol. The third kappa shape index (κ3) is 31.6. The third-order valence-electron chi connectivity index (χ3n) is 24.9. The number of rotatable bonds is 50. The van der Waals surface area contributed by atoms with E-state index in [1.165, 1.54) is 12.9 Å². The van der Waals surface area contributed by atoms with Gasteiger partial charge in [-0.25, -0.2) is 0 Å². The first-order valence-corrected chi connectivity index (χ1v) is 50.7. The lowest BCUT2D eigenvalue weighted by Gasteiger charge is -2.38. The third-order valence-corrected chi connectivity index (χ3v) is 34.6. The molecule has 135 heavy (non-hydrogen) atoms. The van der Waals surface area contributed by atoms with Crippen molar-refractivity contribution < 1.29 is 160 Å². The quantitative estimate of drug-likeness (QED) is 0.0216. The highest BCUT2D eigenvalue weighted by molar-refractivity contribution is 7.90. The van der Waals surface area contributed by atoms with E-state index in [1.54, 1.807) is 54.6 Å². The number of benzene rings is 2. The smallest absolute Gasteiger partial charge is 0.474 e. The first kappa shape index (κ1) is 120. The lowest BCUT2D eigenvalue weighted by molar-refractivity contribution is -0.210. The number of aliphatic carboxylic acids is 5. The van der Waals surface area contributed by atoms with Gasteiger partial charge < -0.3 is 138 Å². The van der Waals surface area contributed by atoms with Gasteiger partial charge in [0.2, 0.25) is 0 Å². The molecule has 0 unspecified atom stereocenters. The van der Waals surface area contributed by atoms with Gasteiger partial charge in [-0.1, -0.05) is 91.4 Å². The summed E-state index contributed by atoms with van der Waals surface area (Å²) in [5, 5.41) is 137. The number of hydrogen-bond donors (Lipinski definition) is 25. The number of alkyl halides is 3. The second-order valence-corrected chi connectivity index (χ2v) is 43.9.